The summed E-state index contributed by atoms with van der Waals surface area (Å²) < 4.78 is 5.21. The maximum Gasteiger partial charge on any atom is 0.408 e. The first-order valence-corrected chi connectivity index (χ1v) is 10.2. The molecule has 1 aliphatic heterocycles. The fourth-order valence-electron chi connectivity index (χ4n) is 3.37. The van der Waals surface area contributed by atoms with Gasteiger partial charge in [0.05, 0.1) is 6.04 Å². The van der Waals surface area contributed by atoms with Crippen molar-refractivity contribution < 1.29 is 23.9 Å². The second-order valence-electron chi connectivity index (χ2n) is 7.76. The third-order valence-corrected chi connectivity index (χ3v) is 5.06. The second-order valence-corrected chi connectivity index (χ2v) is 7.76. The molecule has 0 spiro atoms. The molecule has 2 N–H and O–H groups in total. The molecule has 1 saturated heterocycles. The van der Waals surface area contributed by atoms with Crippen molar-refractivity contribution in [2.45, 2.75) is 58.6 Å². The van der Waals surface area contributed by atoms with Gasteiger partial charge in [-0.25, -0.2) is 4.79 Å². The van der Waals surface area contributed by atoms with Gasteiger partial charge in [-0.05, 0) is 24.3 Å². The van der Waals surface area contributed by atoms with Crippen molar-refractivity contribution in [2.24, 2.45) is 11.8 Å². The monoisotopic (exact) mass is 402 g/mol. The minimum absolute atomic E-state index is 0.0614. The number of amides is 2. The van der Waals surface area contributed by atoms with Crippen LogP contribution in [0.25, 0.3) is 0 Å². The molecule has 2 amide bonds. The molecule has 29 heavy (non-hydrogen) atoms. The third-order valence-electron chi connectivity index (χ3n) is 5.06. The number of alkyl carbamates (subject to hydrolysis) is 1. The van der Waals surface area contributed by atoms with Crippen LogP contribution < -0.4 is 10.6 Å². The number of benzene rings is 1. The van der Waals surface area contributed by atoms with Crippen molar-refractivity contribution in [3.8, 4) is 0 Å². The highest BCUT2D eigenvalue weighted by atomic mass is 16.5. The Morgan fingerprint density at radius 3 is 2.55 bits per heavy atom. The first-order chi connectivity index (χ1) is 13.9. The highest BCUT2D eigenvalue weighted by Crippen LogP contribution is 2.19. The van der Waals surface area contributed by atoms with Gasteiger partial charge in [-0.15, -0.1) is 0 Å². The molecule has 2 rings (SSSR count). The molecule has 0 bridgehead atoms. The SMILES string of the molecule is CC(C)C(NC(=O)OCc1ccccc1)C(=O)CC1CCCCCNC(=O)C1=O. The fourth-order valence-corrected chi connectivity index (χ4v) is 3.37. The predicted molar refractivity (Wildman–Crippen MR) is 108 cm³/mol. The van der Waals surface area contributed by atoms with Crippen molar-refractivity contribution in [1.82, 2.24) is 10.6 Å². The van der Waals surface area contributed by atoms with Gasteiger partial charge >= 0.3 is 6.09 Å². The van der Waals surface area contributed by atoms with E-state index in [0.717, 1.165) is 24.8 Å². The standard InChI is InChI=1S/C22H30N2O5/c1-15(2)19(24-22(28)29-14-16-9-5-3-6-10-16)18(25)13-17-11-7-4-8-12-23-21(27)20(17)26/h3,5-6,9-10,15,17,19H,4,7-8,11-14H2,1-2H3,(H,23,27)(H,24,28). The lowest BCUT2D eigenvalue weighted by Crippen LogP contribution is -2.46. The number of nitrogens with one attached hydrogen (secondary N) is 2. The number of ether oxygens (including phenoxy) is 1. The third kappa shape index (κ3) is 7.33. The molecule has 0 saturated carbocycles. The van der Waals surface area contributed by atoms with E-state index in [2.05, 4.69) is 10.6 Å². The van der Waals surface area contributed by atoms with Crippen LogP contribution in [-0.4, -0.2) is 36.2 Å². The zero-order chi connectivity index (χ0) is 21.2. The Morgan fingerprint density at radius 2 is 1.86 bits per heavy atom. The van der Waals surface area contributed by atoms with Gasteiger partial charge in [0.15, 0.2) is 5.78 Å². The molecule has 0 aliphatic carbocycles. The van der Waals surface area contributed by atoms with Crippen LogP contribution >= 0.6 is 0 Å². The maximum absolute atomic E-state index is 12.8. The van der Waals surface area contributed by atoms with Crippen LogP contribution in [0.2, 0.25) is 0 Å². The summed E-state index contributed by atoms with van der Waals surface area (Å²) in [6.07, 6.45) is 2.27. The zero-order valence-electron chi connectivity index (χ0n) is 17.1. The Morgan fingerprint density at radius 1 is 1.14 bits per heavy atom. The van der Waals surface area contributed by atoms with E-state index < -0.39 is 29.7 Å². The number of hydrogen-bond acceptors (Lipinski definition) is 5. The highest BCUT2D eigenvalue weighted by Gasteiger charge is 2.32. The van der Waals surface area contributed by atoms with Crippen molar-refractivity contribution in [1.29, 1.82) is 0 Å². The Labute approximate surface area is 171 Å². The average Bonchev–Trinajstić information content (AvgIpc) is 2.78. The number of hydrogen-bond donors (Lipinski definition) is 2. The van der Waals surface area contributed by atoms with E-state index in [0.29, 0.717) is 13.0 Å². The van der Waals surface area contributed by atoms with Crippen LogP contribution in [0.5, 0.6) is 0 Å². The summed E-state index contributed by atoms with van der Waals surface area (Å²) in [5.41, 5.74) is 0.845. The number of ketones is 2. The molecule has 1 fully saturated rings. The van der Waals surface area contributed by atoms with Crippen LogP contribution in [0, 0.1) is 11.8 Å². The topological polar surface area (TPSA) is 102 Å². The fraction of sp³-hybridized carbons (Fsp3) is 0.545. The largest absolute Gasteiger partial charge is 0.445 e. The lowest BCUT2D eigenvalue weighted by atomic mass is 9.87. The number of carbonyl (C=O) groups excluding carboxylic acids is 4. The minimum atomic E-state index is -0.776. The predicted octanol–water partition coefficient (Wildman–Crippen LogP) is 2.77. The van der Waals surface area contributed by atoms with Gasteiger partial charge in [0, 0.05) is 18.9 Å². The summed E-state index contributed by atoms with van der Waals surface area (Å²) >= 11 is 0. The van der Waals surface area contributed by atoms with Crippen LogP contribution in [0.4, 0.5) is 4.79 Å². The number of Topliss-reactive ketones (excluding diaryl/α,β-unsaturated/α-hetero) is 2. The Balaban J connectivity index is 1.95. The summed E-state index contributed by atoms with van der Waals surface area (Å²) in [7, 11) is 0. The van der Waals surface area contributed by atoms with Crippen molar-refractivity contribution in [3.63, 3.8) is 0 Å². The summed E-state index contributed by atoms with van der Waals surface area (Å²) in [6, 6.07) is 8.47. The van der Waals surface area contributed by atoms with E-state index in [1.54, 1.807) is 0 Å². The molecule has 0 radical (unpaired) electrons. The van der Waals surface area contributed by atoms with Gasteiger partial charge in [-0.1, -0.05) is 57.0 Å². The normalized spacial score (nSPS) is 18.8. The van der Waals surface area contributed by atoms with Crippen LogP contribution in [-0.2, 0) is 25.7 Å². The average molecular weight is 402 g/mol. The number of rotatable bonds is 7. The Bertz CT molecular complexity index is 717. The van der Waals surface area contributed by atoms with E-state index in [-0.39, 0.29) is 24.7 Å². The van der Waals surface area contributed by atoms with Crippen molar-refractivity contribution in [3.05, 3.63) is 35.9 Å². The molecule has 1 aromatic rings. The number of carbonyl (C=O) groups is 4. The maximum atomic E-state index is 12.8. The van der Waals surface area contributed by atoms with Gasteiger partial charge in [0.1, 0.15) is 6.61 Å². The molecular weight excluding hydrogens is 372 g/mol. The zero-order valence-corrected chi connectivity index (χ0v) is 17.1. The summed E-state index contributed by atoms with van der Waals surface area (Å²) in [5, 5.41) is 5.22. The molecule has 1 aliphatic rings. The molecule has 2 atom stereocenters. The van der Waals surface area contributed by atoms with Gasteiger partial charge < -0.3 is 15.4 Å². The minimum Gasteiger partial charge on any atom is -0.445 e. The second kappa shape index (κ2) is 11.3. The molecule has 7 nitrogen and oxygen atoms in total. The molecule has 2 unspecified atom stereocenters. The highest BCUT2D eigenvalue weighted by molar-refractivity contribution is 6.37. The van der Waals surface area contributed by atoms with E-state index in [1.807, 2.05) is 44.2 Å². The smallest absolute Gasteiger partial charge is 0.408 e. The van der Waals surface area contributed by atoms with Crippen LogP contribution in [0.1, 0.15) is 51.5 Å². The van der Waals surface area contributed by atoms with Crippen molar-refractivity contribution >= 4 is 23.6 Å². The van der Waals surface area contributed by atoms with Gasteiger partial charge in [-0.2, -0.15) is 0 Å². The van der Waals surface area contributed by atoms with Gasteiger partial charge in [-0.3, -0.25) is 14.4 Å². The molecule has 7 heteroatoms. The van der Waals surface area contributed by atoms with Gasteiger partial charge in [0.25, 0.3) is 5.91 Å². The molecule has 158 valence electrons. The molecule has 1 heterocycles. The Kier molecular flexibility index (Phi) is 8.83. The summed E-state index contributed by atoms with van der Waals surface area (Å²) in [6.45, 7) is 4.22. The van der Waals surface area contributed by atoms with Crippen LogP contribution in [0.3, 0.4) is 0 Å². The molecule has 0 aromatic heterocycles. The lowest BCUT2D eigenvalue weighted by Gasteiger charge is -2.23. The van der Waals surface area contributed by atoms with Crippen LogP contribution in [0.15, 0.2) is 30.3 Å². The Hall–Kier alpha value is -2.70. The van der Waals surface area contributed by atoms with E-state index in [4.69, 9.17) is 4.74 Å². The molecule has 1 aromatic carbocycles. The lowest BCUT2D eigenvalue weighted by molar-refractivity contribution is -0.141. The van der Waals surface area contributed by atoms with E-state index >= 15 is 0 Å². The summed E-state index contributed by atoms with van der Waals surface area (Å²) in [5.74, 6) is -2.26. The first kappa shape index (κ1) is 22.6. The van der Waals surface area contributed by atoms with E-state index in [9.17, 15) is 19.2 Å². The quantitative estimate of drug-likeness (QED) is 0.683. The first-order valence-electron chi connectivity index (χ1n) is 10.2. The molecular formula is C22H30N2O5. The van der Waals surface area contributed by atoms with Gasteiger partial charge in [0.2, 0.25) is 5.78 Å². The summed E-state index contributed by atoms with van der Waals surface area (Å²) in [4.78, 5) is 49.4. The van der Waals surface area contributed by atoms with E-state index in [1.165, 1.54) is 0 Å². The van der Waals surface area contributed by atoms with Crippen molar-refractivity contribution in [2.75, 3.05) is 6.54 Å².